The quantitative estimate of drug-likeness (QED) is 0.598. The molecule has 0 aromatic carbocycles. The minimum absolute atomic E-state index is 0.0184. The second-order valence-corrected chi connectivity index (χ2v) is 2.60. The van der Waals surface area contributed by atoms with Gasteiger partial charge in [-0.15, -0.1) is 0 Å². The lowest BCUT2D eigenvalue weighted by Gasteiger charge is -2.07. The lowest BCUT2D eigenvalue weighted by Crippen LogP contribution is -2.12. The predicted molar refractivity (Wildman–Crippen MR) is 56.1 cm³/mol. The first kappa shape index (κ1) is 11.4. The van der Waals surface area contributed by atoms with Crippen molar-refractivity contribution >= 4 is 11.9 Å². The fraction of sp³-hybridized carbons (Fsp3) is 0.625. The van der Waals surface area contributed by atoms with Gasteiger partial charge in [0.25, 0.3) is 0 Å². The van der Waals surface area contributed by atoms with Crippen molar-refractivity contribution in [2.75, 3.05) is 37.4 Å². The maximum absolute atomic E-state index is 8.65. The van der Waals surface area contributed by atoms with Crippen LogP contribution in [0, 0.1) is 0 Å². The number of anilines is 2. The lowest BCUT2D eigenvalue weighted by molar-refractivity contribution is 0.307. The Kier molecular flexibility index (Phi) is 4.55. The van der Waals surface area contributed by atoms with Gasteiger partial charge in [-0.2, -0.15) is 15.0 Å². The van der Waals surface area contributed by atoms with E-state index in [4.69, 9.17) is 9.84 Å². The van der Waals surface area contributed by atoms with Crippen LogP contribution in [-0.2, 0) is 0 Å². The summed E-state index contributed by atoms with van der Waals surface area (Å²) in [4.78, 5) is 12.0. The number of hydrogen-bond acceptors (Lipinski definition) is 7. The molecule has 0 unspecified atom stereocenters. The molecule has 0 aliphatic rings. The third-order valence-corrected chi connectivity index (χ3v) is 1.51. The van der Waals surface area contributed by atoms with Crippen molar-refractivity contribution < 1.29 is 9.84 Å². The first-order valence-corrected chi connectivity index (χ1v) is 4.71. The molecule has 0 saturated heterocycles. The average Bonchev–Trinajstić information content (AvgIpc) is 2.26. The zero-order valence-electron chi connectivity index (χ0n) is 8.82. The van der Waals surface area contributed by atoms with Crippen molar-refractivity contribution in [2.24, 2.45) is 0 Å². The Bertz CT molecular complexity index is 307. The standard InChI is InChI=1S/C8H15N5O2/c1-3-15-8-12-6(9-2)11-7(13-8)10-4-5-14/h14H,3-5H2,1-2H3,(H2,9,10,11,12,13). The Hall–Kier alpha value is -1.63. The highest BCUT2D eigenvalue weighted by atomic mass is 16.5. The van der Waals surface area contributed by atoms with Gasteiger partial charge in [0.2, 0.25) is 11.9 Å². The molecule has 7 heteroatoms. The van der Waals surface area contributed by atoms with E-state index in [-0.39, 0.29) is 12.6 Å². The molecule has 3 N–H and O–H groups in total. The third kappa shape index (κ3) is 3.55. The SMILES string of the molecule is CCOc1nc(NC)nc(NCCO)n1. The van der Waals surface area contributed by atoms with Crippen molar-refractivity contribution in [1.82, 2.24) is 15.0 Å². The lowest BCUT2D eigenvalue weighted by atomic mass is 10.7. The molecule has 0 saturated carbocycles. The summed E-state index contributed by atoms with van der Waals surface area (Å²) < 4.78 is 5.16. The molecular weight excluding hydrogens is 198 g/mol. The minimum atomic E-state index is 0.0184. The van der Waals surface area contributed by atoms with Gasteiger partial charge in [0.15, 0.2) is 0 Å². The number of hydrogen-bond donors (Lipinski definition) is 3. The van der Waals surface area contributed by atoms with Crippen LogP contribution in [0.3, 0.4) is 0 Å². The van der Waals surface area contributed by atoms with Crippen LogP contribution in [0.4, 0.5) is 11.9 Å². The molecule has 7 nitrogen and oxygen atoms in total. The summed E-state index contributed by atoms with van der Waals surface area (Å²) in [5.41, 5.74) is 0. The van der Waals surface area contributed by atoms with Gasteiger partial charge < -0.3 is 20.5 Å². The highest BCUT2D eigenvalue weighted by molar-refractivity contribution is 5.35. The predicted octanol–water partition coefficient (Wildman–Crippen LogP) is -0.284. The summed E-state index contributed by atoms with van der Waals surface area (Å²) in [6.07, 6.45) is 0. The molecule has 1 rings (SSSR count). The minimum Gasteiger partial charge on any atom is -0.464 e. The van der Waals surface area contributed by atoms with Crippen molar-refractivity contribution in [3.05, 3.63) is 0 Å². The second-order valence-electron chi connectivity index (χ2n) is 2.60. The number of aromatic nitrogens is 3. The van der Waals surface area contributed by atoms with Gasteiger partial charge in [-0.1, -0.05) is 0 Å². The van der Waals surface area contributed by atoms with Crippen LogP contribution in [0.5, 0.6) is 6.01 Å². The van der Waals surface area contributed by atoms with Crippen LogP contribution in [-0.4, -0.2) is 46.9 Å². The fourth-order valence-electron chi connectivity index (χ4n) is 0.909. The van der Waals surface area contributed by atoms with Crippen molar-refractivity contribution in [3.8, 4) is 6.01 Å². The van der Waals surface area contributed by atoms with Crippen LogP contribution >= 0.6 is 0 Å². The molecule has 1 aromatic heterocycles. The van der Waals surface area contributed by atoms with E-state index in [0.717, 1.165) is 0 Å². The highest BCUT2D eigenvalue weighted by Crippen LogP contribution is 2.10. The molecular formula is C8H15N5O2. The number of aliphatic hydroxyl groups is 1. The summed E-state index contributed by atoms with van der Waals surface area (Å²) in [6, 6.07) is 0.261. The molecule has 0 bridgehead atoms. The Morgan fingerprint density at radius 1 is 1.27 bits per heavy atom. The van der Waals surface area contributed by atoms with Crippen molar-refractivity contribution in [1.29, 1.82) is 0 Å². The fourth-order valence-corrected chi connectivity index (χ4v) is 0.909. The first-order chi connectivity index (χ1) is 7.30. The van der Waals surface area contributed by atoms with Crippen LogP contribution in [0.2, 0.25) is 0 Å². The smallest absolute Gasteiger partial charge is 0.323 e. The summed E-state index contributed by atoms with van der Waals surface area (Å²) in [7, 11) is 1.71. The molecule has 0 aliphatic carbocycles. The van der Waals surface area contributed by atoms with Crippen LogP contribution in [0.1, 0.15) is 6.92 Å². The molecule has 1 heterocycles. The molecule has 0 spiro atoms. The van der Waals surface area contributed by atoms with E-state index >= 15 is 0 Å². The summed E-state index contributed by atoms with van der Waals surface area (Å²) in [5, 5.41) is 14.3. The zero-order chi connectivity index (χ0) is 11.1. The van der Waals surface area contributed by atoms with Crippen molar-refractivity contribution in [3.63, 3.8) is 0 Å². The van der Waals surface area contributed by atoms with E-state index in [0.29, 0.717) is 25.0 Å². The number of nitrogens with one attached hydrogen (secondary N) is 2. The van der Waals surface area contributed by atoms with E-state index in [9.17, 15) is 0 Å². The molecule has 15 heavy (non-hydrogen) atoms. The van der Waals surface area contributed by atoms with E-state index in [1.807, 2.05) is 6.92 Å². The van der Waals surface area contributed by atoms with Crippen LogP contribution < -0.4 is 15.4 Å². The van der Waals surface area contributed by atoms with Crippen LogP contribution in [0.25, 0.3) is 0 Å². The molecule has 0 atom stereocenters. The monoisotopic (exact) mass is 213 g/mol. The van der Waals surface area contributed by atoms with E-state index in [2.05, 4.69) is 25.6 Å². The van der Waals surface area contributed by atoms with Gasteiger partial charge in [-0.05, 0) is 6.92 Å². The Morgan fingerprint density at radius 2 is 2.00 bits per heavy atom. The maximum atomic E-state index is 8.65. The maximum Gasteiger partial charge on any atom is 0.323 e. The topological polar surface area (TPSA) is 92.2 Å². The van der Waals surface area contributed by atoms with Gasteiger partial charge in [0.05, 0.1) is 13.2 Å². The Balaban J connectivity index is 2.79. The number of rotatable bonds is 6. The van der Waals surface area contributed by atoms with E-state index in [1.165, 1.54) is 0 Å². The van der Waals surface area contributed by atoms with Gasteiger partial charge in [-0.25, -0.2) is 0 Å². The van der Waals surface area contributed by atoms with Gasteiger partial charge >= 0.3 is 6.01 Å². The summed E-state index contributed by atoms with van der Waals surface area (Å²) in [5.74, 6) is 0.806. The molecule has 0 aliphatic heterocycles. The number of ether oxygens (including phenoxy) is 1. The number of aliphatic hydroxyl groups excluding tert-OH is 1. The van der Waals surface area contributed by atoms with Gasteiger partial charge in [0, 0.05) is 13.6 Å². The Labute approximate surface area is 87.9 Å². The highest BCUT2D eigenvalue weighted by Gasteiger charge is 2.04. The van der Waals surface area contributed by atoms with E-state index in [1.54, 1.807) is 7.05 Å². The molecule has 0 amide bonds. The Morgan fingerprint density at radius 3 is 2.60 bits per heavy atom. The first-order valence-electron chi connectivity index (χ1n) is 4.71. The molecule has 84 valence electrons. The summed E-state index contributed by atoms with van der Waals surface area (Å²) in [6.45, 7) is 2.75. The zero-order valence-corrected chi connectivity index (χ0v) is 8.82. The molecule has 1 aromatic rings. The largest absolute Gasteiger partial charge is 0.464 e. The second kappa shape index (κ2) is 5.97. The van der Waals surface area contributed by atoms with Crippen molar-refractivity contribution in [2.45, 2.75) is 6.92 Å². The van der Waals surface area contributed by atoms with Crippen LogP contribution in [0.15, 0.2) is 0 Å². The van der Waals surface area contributed by atoms with E-state index < -0.39 is 0 Å². The third-order valence-electron chi connectivity index (χ3n) is 1.51. The molecule has 0 fully saturated rings. The van der Waals surface area contributed by atoms with Gasteiger partial charge in [0.1, 0.15) is 0 Å². The normalized spacial score (nSPS) is 9.80. The number of nitrogens with zero attached hydrogens (tertiary/aromatic N) is 3. The summed E-state index contributed by atoms with van der Waals surface area (Å²) >= 11 is 0. The average molecular weight is 213 g/mol. The van der Waals surface area contributed by atoms with Gasteiger partial charge in [-0.3, -0.25) is 0 Å². The molecule has 0 radical (unpaired) electrons.